The number of nitrogens with one attached hydrogen (secondary N) is 1. The summed E-state index contributed by atoms with van der Waals surface area (Å²) in [5, 5.41) is 4.41. The molecule has 1 aromatic rings. The molecule has 1 heterocycles. The molecule has 0 spiro atoms. The second-order valence-electron chi connectivity index (χ2n) is 4.89. The molecule has 0 aromatic carbocycles. The number of hydrazine groups is 1. The Labute approximate surface area is 110 Å². The van der Waals surface area contributed by atoms with Crippen LogP contribution in [-0.4, -0.2) is 35.3 Å². The summed E-state index contributed by atoms with van der Waals surface area (Å²) in [5.74, 6) is 6.33. The van der Waals surface area contributed by atoms with Gasteiger partial charge in [-0.05, 0) is 48.8 Å². The molecular formula is C11H20BrN5. The van der Waals surface area contributed by atoms with Gasteiger partial charge < -0.3 is 4.90 Å². The minimum atomic E-state index is 0.217. The van der Waals surface area contributed by atoms with Crippen LogP contribution < -0.4 is 11.3 Å². The molecule has 96 valence electrons. The number of nitrogens with two attached hydrogens (primary N) is 1. The van der Waals surface area contributed by atoms with Crippen LogP contribution >= 0.6 is 15.9 Å². The molecule has 1 aliphatic carbocycles. The second kappa shape index (κ2) is 5.48. The van der Waals surface area contributed by atoms with E-state index in [1.807, 2.05) is 10.9 Å². The summed E-state index contributed by atoms with van der Waals surface area (Å²) in [7, 11) is 4.13. The van der Waals surface area contributed by atoms with Gasteiger partial charge in [0.05, 0.1) is 29.0 Å². The summed E-state index contributed by atoms with van der Waals surface area (Å²) >= 11 is 3.57. The Hall–Kier alpha value is -0.430. The van der Waals surface area contributed by atoms with Gasteiger partial charge in [0, 0.05) is 6.54 Å². The number of rotatable bonds is 6. The lowest BCUT2D eigenvalue weighted by Gasteiger charge is -2.19. The summed E-state index contributed by atoms with van der Waals surface area (Å²) in [6.45, 7) is 1.86. The van der Waals surface area contributed by atoms with Crippen LogP contribution in [0.4, 0.5) is 0 Å². The Morgan fingerprint density at radius 2 is 2.35 bits per heavy atom. The van der Waals surface area contributed by atoms with Crippen molar-refractivity contribution in [2.24, 2.45) is 11.8 Å². The van der Waals surface area contributed by atoms with Crippen LogP contribution in [0.1, 0.15) is 24.6 Å². The minimum Gasteiger partial charge on any atom is -0.308 e. The van der Waals surface area contributed by atoms with Crippen LogP contribution in [0, 0.1) is 5.92 Å². The van der Waals surface area contributed by atoms with Gasteiger partial charge in [0.2, 0.25) is 0 Å². The Bertz CT molecular complexity index is 372. The van der Waals surface area contributed by atoms with Crippen molar-refractivity contribution >= 4 is 15.9 Å². The summed E-state index contributed by atoms with van der Waals surface area (Å²) < 4.78 is 3.10. The van der Waals surface area contributed by atoms with E-state index in [9.17, 15) is 0 Å². The third-order valence-electron chi connectivity index (χ3n) is 3.16. The van der Waals surface area contributed by atoms with E-state index >= 15 is 0 Å². The molecule has 0 radical (unpaired) electrons. The normalized spacial score (nSPS) is 17.7. The molecule has 1 atom stereocenters. The van der Waals surface area contributed by atoms with Crippen molar-refractivity contribution in [2.75, 3.05) is 20.6 Å². The summed E-state index contributed by atoms with van der Waals surface area (Å²) in [4.78, 5) is 2.15. The van der Waals surface area contributed by atoms with Gasteiger partial charge >= 0.3 is 0 Å². The van der Waals surface area contributed by atoms with E-state index in [-0.39, 0.29) is 6.04 Å². The third kappa shape index (κ3) is 3.07. The molecule has 0 amide bonds. The maximum Gasteiger partial charge on any atom is 0.0712 e. The van der Waals surface area contributed by atoms with Crippen molar-refractivity contribution in [3.8, 4) is 0 Å². The number of likely N-dealkylation sites (N-methyl/N-ethyl adjacent to an activating group) is 1. The maximum absolute atomic E-state index is 5.68. The van der Waals surface area contributed by atoms with Crippen LogP contribution in [0.25, 0.3) is 0 Å². The van der Waals surface area contributed by atoms with Gasteiger partial charge in [0.25, 0.3) is 0 Å². The van der Waals surface area contributed by atoms with Crippen LogP contribution in [-0.2, 0) is 6.54 Å². The van der Waals surface area contributed by atoms with Crippen molar-refractivity contribution in [2.45, 2.75) is 25.4 Å². The monoisotopic (exact) mass is 301 g/mol. The SMILES string of the molecule is CN(C)CCn1ncc(Br)c1C(NN)C1CC1. The molecule has 1 unspecified atom stereocenters. The first-order valence-electron chi connectivity index (χ1n) is 5.95. The number of hydrogen-bond acceptors (Lipinski definition) is 4. The van der Waals surface area contributed by atoms with E-state index in [1.165, 1.54) is 18.5 Å². The highest BCUT2D eigenvalue weighted by atomic mass is 79.9. The quantitative estimate of drug-likeness (QED) is 0.611. The van der Waals surface area contributed by atoms with Gasteiger partial charge in [-0.3, -0.25) is 16.0 Å². The third-order valence-corrected chi connectivity index (χ3v) is 3.77. The van der Waals surface area contributed by atoms with E-state index in [1.54, 1.807) is 0 Å². The van der Waals surface area contributed by atoms with Gasteiger partial charge in [-0.15, -0.1) is 0 Å². The van der Waals surface area contributed by atoms with Crippen molar-refractivity contribution in [3.05, 3.63) is 16.4 Å². The molecular weight excluding hydrogens is 282 g/mol. The largest absolute Gasteiger partial charge is 0.308 e. The van der Waals surface area contributed by atoms with E-state index in [0.29, 0.717) is 5.92 Å². The Kier molecular flexibility index (Phi) is 4.19. The molecule has 1 fully saturated rings. The molecule has 17 heavy (non-hydrogen) atoms. The Morgan fingerprint density at radius 1 is 1.65 bits per heavy atom. The predicted molar refractivity (Wildman–Crippen MR) is 71.3 cm³/mol. The first kappa shape index (κ1) is 13.0. The molecule has 1 aliphatic rings. The Balaban J connectivity index is 2.15. The van der Waals surface area contributed by atoms with Crippen molar-refractivity contribution < 1.29 is 0 Å². The average Bonchev–Trinajstić information content (AvgIpc) is 3.04. The van der Waals surface area contributed by atoms with E-state index in [2.05, 4.69) is 45.4 Å². The highest BCUT2D eigenvalue weighted by Gasteiger charge is 2.34. The van der Waals surface area contributed by atoms with Crippen LogP contribution in [0.3, 0.4) is 0 Å². The lowest BCUT2D eigenvalue weighted by atomic mass is 10.1. The molecule has 0 saturated heterocycles. The van der Waals surface area contributed by atoms with Gasteiger partial charge in [-0.1, -0.05) is 0 Å². The maximum atomic E-state index is 5.68. The number of nitrogens with zero attached hydrogens (tertiary/aromatic N) is 3. The molecule has 1 saturated carbocycles. The van der Waals surface area contributed by atoms with Gasteiger partial charge in [0.1, 0.15) is 0 Å². The molecule has 6 heteroatoms. The molecule has 5 nitrogen and oxygen atoms in total. The fraction of sp³-hybridized carbons (Fsp3) is 0.727. The van der Waals surface area contributed by atoms with Gasteiger partial charge in [-0.2, -0.15) is 5.10 Å². The molecule has 0 bridgehead atoms. The highest BCUT2D eigenvalue weighted by molar-refractivity contribution is 9.10. The highest BCUT2D eigenvalue weighted by Crippen LogP contribution is 2.42. The van der Waals surface area contributed by atoms with Gasteiger partial charge in [-0.25, -0.2) is 0 Å². The van der Waals surface area contributed by atoms with E-state index in [0.717, 1.165) is 17.6 Å². The first-order chi connectivity index (χ1) is 8.13. The topological polar surface area (TPSA) is 59.1 Å². The van der Waals surface area contributed by atoms with Gasteiger partial charge in [0.15, 0.2) is 0 Å². The summed E-state index contributed by atoms with van der Waals surface area (Å²) in [6.07, 6.45) is 4.36. The molecule has 0 aliphatic heterocycles. The molecule has 1 aromatic heterocycles. The zero-order chi connectivity index (χ0) is 12.4. The number of aromatic nitrogens is 2. The lowest BCUT2D eigenvalue weighted by Crippen LogP contribution is -2.32. The summed E-state index contributed by atoms with van der Waals surface area (Å²) in [5.41, 5.74) is 4.11. The fourth-order valence-electron chi connectivity index (χ4n) is 2.02. The molecule has 2 rings (SSSR count). The lowest BCUT2D eigenvalue weighted by molar-refractivity contribution is 0.357. The average molecular weight is 302 g/mol. The number of halogens is 1. The smallest absolute Gasteiger partial charge is 0.0712 e. The van der Waals surface area contributed by atoms with E-state index in [4.69, 9.17) is 5.84 Å². The first-order valence-corrected chi connectivity index (χ1v) is 6.75. The standard InChI is InChI=1S/C11H20BrN5/c1-16(2)5-6-17-11(9(12)7-14-17)10(15-13)8-3-4-8/h7-8,10,15H,3-6,13H2,1-2H3. The predicted octanol–water partition coefficient (Wildman–Crippen LogP) is 1.12. The Morgan fingerprint density at radius 3 is 2.88 bits per heavy atom. The van der Waals surface area contributed by atoms with Crippen LogP contribution in [0.15, 0.2) is 10.7 Å². The van der Waals surface area contributed by atoms with Crippen molar-refractivity contribution in [1.29, 1.82) is 0 Å². The zero-order valence-corrected chi connectivity index (χ0v) is 11.9. The minimum absolute atomic E-state index is 0.217. The van der Waals surface area contributed by atoms with Crippen LogP contribution in [0.2, 0.25) is 0 Å². The van der Waals surface area contributed by atoms with E-state index < -0.39 is 0 Å². The fourth-order valence-corrected chi connectivity index (χ4v) is 2.56. The van der Waals surface area contributed by atoms with Crippen molar-refractivity contribution in [1.82, 2.24) is 20.1 Å². The summed E-state index contributed by atoms with van der Waals surface area (Å²) in [6, 6.07) is 0.217. The molecule has 3 N–H and O–H groups in total. The van der Waals surface area contributed by atoms with Crippen molar-refractivity contribution in [3.63, 3.8) is 0 Å². The zero-order valence-electron chi connectivity index (χ0n) is 10.4. The number of hydrogen-bond donors (Lipinski definition) is 2. The van der Waals surface area contributed by atoms with Crippen LogP contribution in [0.5, 0.6) is 0 Å². The second-order valence-corrected chi connectivity index (χ2v) is 5.74.